The monoisotopic (exact) mass is 663 g/mol. The summed E-state index contributed by atoms with van der Waals surface area (Å²) >= 11 is 0. The van der Waals surface area contributed by atoms with Crippen LogP contribution in [0.3, 0.4) is 0 Å². The van der Waals surface area contributed by atoms with Gasteiger partial charge < -0.3 is 10.2 Å². The van der Waals surface area contributed by atoms with Crippen LogP contribution in [-0.4, -0.2) is 67.2 Å². The molecule has 2 saturated heterocycles. The van der Waals surface area contributed by atoms with E-state index in [1.165, 1.54) is 77.0 Å². The topological polar surface area (TPSA) is 81.1 Å². The summed E-state index contributed by atoms with van der Waals surface area (Å²) < 4.78 is 0. The molecule has 0 spiro atoms. The van der Waals surface area contributed by atoms with Crippen molar-refractivity contribution in [2.24, 2.45) is 23.2 Å². The van der Waals surface area contributed by atoms with E-state index in [0.29, 0.717) is 0 Å². The Hall–Kier alpha value is -1.14. The van der Waals surface area contributed by atoms with E-state index in [2.05, 4.69) is 79.0 Å². The number of hydrogen-bond acceptors (Lipinski definition) is 4. The third-order valence-corrected chi connectivity index (χ3v) is 12.7. The molecule has 2 aliphatic heterocycles. The van der Waals surface area contributed by atoms with Crippen LogP contribution in [0.1, 0.15) is 192 Å². The fraction of sp³-hybridized carbons (Fsp3) is 0.951. The van der Waals surface area contributed by atoms with Gasteiger partial charge in [-0.05, 0) is 138 Å². The molecule has 276 valence electrons. The van der Waals surface area contributed by atoms with Gasteiger partial charge in [0.1, 0.15) is 0 Å². The number of likely N-dealkylation sites (tertiary alicyclic amines) is 2. The Morgan fingerprint density at radius 1 is 0.574 bits per heavy atom. The number of piperidine rings is 2. The summed E-state index contributed by atoms with van der Waals surface area (Å²) in [6.07, 6.45) is 19.6. The fourth-order valence-corrected chi connectivity index (χ4v) is 10.5. The van der Waals surface area contributed by atoms with Crippen molar-refractivity contribution in [2.75, 3.05) is 13.1 Å². The highest BCUT2D eigenvalue weighted by atomic mass is 16.4. The second-order valence-electron chi connectivity index (χ2n) is 18.3. The number of carboxylic acid groups (broad SMARTS) is 2. The van der Waals surface area contributed by atoms with Crippen molar-refractivity contribution < 1.29 is 19.8 Å². The molecule has 0 saturated carbocycles. The molecule has 0 unspecified atom stereocenters. The van der Waals surface area contributed by atoms with Gasteiger partial charge in [-0.25, -0.2) is 0 Å². The number of unbranched alkanes of at least 4 members (excludes halogenated alkanes) is 10. The molecule has 0 amide bonds. The van der Waals surface area contributed by atoms with E-state index < -0.39 is 17.4 Å². The van der Waals surface area contributed by atoms with Gasteiger partial charge >= 0.3 is 11.9 Å². The molecule has 47 heavy (non-hydrogen) atoms. The Labute approximate surface area is 291 Å². The van der Waals surface area contributed by atoms with Gasteiger partial charge in [0.2, 0.25) is 0 Å². The van der Waals surface area contributed by atoms with Gasteiger partial charge in [-0.15, -0.1) is 0 Å². The molecule has 0 radical (unpaired) electrons. The maximum Gasteiger partial charge on any atom is 0.321 e. The lowest BCUT2D eigenvalue weighted by atomic mass is 9.57. The number of carbonyl (C=O) groups is 2. The molecule has 2 N–H and O–H groups in total. The predicted molar refractivity (Wildman–Crippen MR) is 198 cm³/mol. The highest BCUT2D eigenvalue weighted by molar-refractivity contribution is 5.98. The van der Waals surface area contributed by atoms with Gasteiger partial charge in [0.05, 0.1) is 0 Å². The summed E-state index contributed by atoms with van der Waals surface area (Å²) in [4.78, 5) is 31.1. The first kappa shape index (κ1) is 42.0. The van der Waals surface area contributed by atoms with Crippen molar-refractivity contribution >= 4 is 11.9 Å². The van der Waals surface area contributed by atoms with E-state index >= 15 is 0 Å². The molecule has 2 rings (SSSR count). The third kappa shape index (κ3) is 10.9. The van der Waals surface area contributed by atoms with Gasteiger partial charge in [-0.3, -0.25) is 19.4 Å². The summed E-state index contributed by atoms with van der Waals surface area (Å²) in [5.41, 5.74) is -1.92. The molecule has 2 heterocycles. The smallest absolute Gasteiger partial charge is 0.321 e. The summed E-state index contributed by atoms with van der Waals surface area (Å²) in [6.45, 7) is 27.5. The lowest BCUT2D eigenvalue weighted by molar-refractivity contribution is -0.169. The minimum Gasteiger partial charge on any atom is -0.480 e. The highest BCUT2D eigenvalue weighted by Crippen LogP contribution is 2.54. The molecule has 0 aromatic rings. The van der Waals surface area contributed by atoms with Crippen LogP contribution in [0.4, 0.5) is 0 Å². The minimum absolute atomic E-state index is 0.0339. The molecule has 0 aromatic heterocycles. The molecule has 2 fully saturated rings. The first-order chi connectivity index (χ1) is 21.8. The average molecular weight is 663 g/mol. The molecule has 0 aromatic carbocycles. The SMILES string of the molecule is CCCCCCCCN1C(C)(C)CC(C(CC(CC)(C(=O)O)C(=O)O)C2CC(C)(C)N(CCCCCCCC)C(C)(C)C2)CC1(C)C. The minimum atomic E-state index is -1.75. The van der Waals surface area contributed by atoms with Crippen LogP contribution in [0, 0.1) is 23.2 Å². The maximum atomic E-state index is 12.8. The summed E-state index contributed by atoms with van der Waals surface area (Å²) in [6, 6.07) is 0. The zero-order valence-corrected chi connectivity index (χ0v) is 33.0. The zero-order chi connectivity index (χ0) is 35.7. The van der Waals surface area contributed by atoms with Gasteiger partial charge in [0, 0.05) is 22.2 Å². The summed E-state index contributed by atoms with van der Waals surface area (Å²) in [5, 5.41) is 21.0. The fourth-order valence-electron chi connectivity index (χ4n) is 10.5. The first-order valence-electron chi connectivity index (χ1n) is 19.8. The van der Waals surface area contributed by atoms with Crippen molar-refractivity contribution in [1.29, 1.82) is 0 Å². The quantitative estimate of drug-likeness (QED) is 0.0940. The van der Waals surface area contributed by atoms with E-state index in [-0.39, 0.29) is 52.8 Å². The molecule has 0 aliphatic carbocycles. The molecule has 2 aliphatic rings. The van der Waals surface area contributed by atoms with E-state index in [0.717, 1.165) is 38.8 Å². The lowest BCUT2D eigenvalue weighted by Crippen LogP contribution is -2.64. The highest BCUT2D eigenvalue weighted by Gasteiger charge is 2.55. The number of nitrogens with zero attached hydrogens (tertiary/aromatic N) is 2. The zero-order valence-electron chi connectivity index (χ0n) is 33.0. The van der Waals surface area contributed by atoms with Crippen molar-refractivity contribution in [3.8, 4) is 0 Å². The first-order valence-corrected chi connectivity index (χ1v) is 19.8. The van der Waals surface area contributed by atoms with Crippen molar-refractivity contribution in [2.45, 2.75) is 214 Å². The molecule has 6 nitrogen and oxygen atoms in total. The predicted octanol–water partition coefficient (Wildman–Crippen LogP) is 10.8. The van der Waals surface area contributed by atoms with E-state index in [1.807, 2.05) is 0 Å². The van der Waals surface area contributed by atoms with Gasteiger partial charge in [0.25, 0.3) is 0 Å². The van der Waals surface area contributed by atoms with Crippen molar-refractivity contribution in [3.63, 3.8) is 0 Å². The van der Waals surface area contributed by atoms with E-state index in [4.69, 9.17) is 0 Å². The molecular formula is C41H78N2O4. The number of rotatable bonds is 21. The maximum absolute atomic E-state index is 12.8. The largest absolute Gasteiger partial charge is 0.480 e. The third-order valence-electron chi connectivity index (χ3n) is 12.7. The lowest BCUT2D eigenvalue weighted by Gasteiger charge is -2.61. The number of hydrogen-bond donors (Lipinski definition) is 2. The normalized spacial score (nSPS) is 22.1. The molecule has 6 heteroatoms. The summed E-state index contributed by atoms with van der Waals surface area (Å²) in [5.74, 6) is -1.77. The van der Waals surface area contributed by atoms with Crippen LogP contribution < -0.4 is 0 Å². The average Bonchev–Trinajstić information content (AvgIpc) is 2.93. The van der Waals surface area contributed by atoms with Crippen LogP contribution >= 0.6 is 0 Å². The van der Waals surface area contributed by atoms with Crippen LogP contribution in [-0.2, 0) is 9.59 Å². The molecular weight excluding hydrogens is 584 g/mol. The van der Waals surface area contributed by atoms with Gasteiger partial charge in [-0.2, -0.15) is 0 Å². The van der Waals surface area contributed by atoms with Gasteiger partial charge in [0.15, 0.2) is 5.41 Å². The van der Waals surface area contributed by atoms with Crippen molar-refractivity contribution in [1.82, 2.24) is 9.80 Å². The van der Waals surface area contributed by atoms with Crippen LogP contribution in [0.5, 0.6) is 0 Å². The van der Waals surface area contributed by atoms with Crippen molar-refractivity contribution in [3.05, 3.63) is 0 Å². The Kier molecular flexibility index (Phi) is 15.8. The van der Waals surface area contributed by atoms with Crippen LogP contribution in [0.25, 0.3) is 0 Å². The Bertz CT molecular complexity index is 864. The number of aliphatic carboxylic acids is 2. The van der Waals surface area contributed by atoms with Gasteiger partial charge in [-0.1, -0.05) is 85.0 Å². The van der Waals surface area contributed by atoms with Crippen LogP contribution in [0.15, 0.2) is 0 Å². The molecule has 0 bridgehead atoms. The second kappa shape index (κ2) is 17.7. The Morgan fingerprint density at radius 2 is 0.872 bits per heavy atom. The molecule has 0 atom stereocenters. The second-order valence-corrected chi connectivity index (χ2v) is 18.3. The van der Waals surface area contributed by atoms with Crippen LogP contribution in [0.2, 0.25) is 0 Å². The van der Waals surface area contributed by atoms with E-state index in [1.54, 1.807) is 6.92 Å². The number of carboxylic acids is 2. The Morgan fingerprint density at radius 3 is 1.15 bits per heavy atom. The Balaban J connectivity index is 2.40. The summed E-state index contributed by atoms with van der Waals surface area (Å²) in [7, 11) is 0. The standard InChI is InChI=1S/C41H78N2O4/c1-12-15-17-19-21-23-25-42-37(4,5)27-32(28-38(42,6)7)34(31-41(14-3,35(44)45)36(46)47)33-29-39(8,9)43(40(10,11)30-33)26-24-22-20-18-16-13-2/h32-34H,12-31H2,1-11H3,(H,44,45)(H,46,47). The van der Waals surface area contributed by atoms with E-state index in [9.17, 15) is 19.8 Å².